The molecular formula is C11H18N2O2. The number of hydrogen-bond donors (Lipinski definition) is 1. The number of piperidine rings is 1. The van der Waals surface area contributed by atoms with Gasteiger partial charge in [0.2, 0.25) is 0 Å². The van der Waals surface area contributed by atoms with Crippen LogP contribution in [0.2, 0.25) is 0 Å². The third-order valence-corrected chi connectivity index (χ3v) is 2.57. The lowest BCUT2D eigenvalue weighted by molar-refractivity contribution is -0.133. The Morgan fingerprint density at radius 1 is 1.53 bits per heavy atom. The number of likely N-dealkylation sites (tertiary alicyclic amines) is 1. The van der Waals surface area contributed by atoms with Crippen molar-refractivity contribution < 1.29 is 9.53 Å². The molecule has 4 heteroatoms. The first-order valence-corrected chi connectivity index (χ1v) is 5.21. The SMILES string of the molecule is COC(=O)C#CCNC1CCN(C)CC1. The molecule has 15 heavy (non-hydrogen) atoms. The van der Waals surface area contributed by atoms with E-state index in [9.17, 15) is 4.79 Å². The van der Waals surface area contributed by atoms with E-state index in [2.05, 4.69) is 33.8 Å². The van der Waals surface area contributed by atoms with Crippen molar-refractivity contribution in [2.24, 2.45) is 0 Å². The number of rotatable bonds is 2. The highest BCUT2D eigenvalue weighted by atomic mass is 16.5. The summed E-state index contributed by atoms with van der Waals surface area (Å²) < 4.78 is 4.41. The molecular weight excluding hydrogens is 192 g/mol. The average molecular weight is 210 g/mol. The van der Waals surface area contributed by atoms with Crippen LogP contribution in [0.3, 0.4) is 0 Å². The Labute approximate surface area is 91.0 Å². The smallest absolute Gasteiger partial charge is 0.384 e. The minimum absolute atomic E-state index is 0.472. The van der Waals surface area contributed by atoms with Gasteiger partial charge < -0.3 is 15.0 Å². The van der Waals surface area contributed by atoms with Gasteiger partial charge in [-0.1, -0.05) is 5.92 Å². The highest BCUT2D eigenvalue weighted by molar-refractivity contribution is 5.88. The van der Waals surface area contributed by atoms with Gasteiger partial charge in [-0.3, -0.25) is 0 Å². The molecule has 1 fully saturated rings. The Hall–Kier alpha value is -1.05. The molecule has 1 rings (SSSR count). The molecule has 0 aliphatic carbocycles. The largest absolute Gasteiger partial charge is 0.459 e. The van der Waals surface area contributed by atoms with Gasteiger partial charge in [-0.05, 0) is 33.0 Å². The van der Waals surface area contributed by atoms with E-state index in [0.29, 0.717) is 12.6 Å². The van der Waals surface area contributed by atoms with Crippen LogP contribution in [0.4, 0.5) is 0 Å². The lowest BCUT2D eigenvalue weighted by atomic mass is 10.1. The summed E-state index contributed by atoms with van der Waals surface area (Å²) in [7, 11) is 3.47. The van der Waals surface area contributed by atoms with Crippen LogP contribution in [0.1, 0.15) is 12.8 Å². The fourth-order valence-electron chi connectivity index (χ4n) is 1.58. The molecule has 0 amide bonds. The molecule has 0 saturated carbocycles. The third-order valence-electron chi connectivity index (χ3n) is 2.57. The van der Waals surface area contributed by atoms with E-state index in [-0.39, 0.29) is 0 Å². The molecule has 1 N–H and O–H groups in total. The number of nitrogens with zero attached hydrogens (tertiary/aromatic N) is 1. The summed E-state index contributed by atoms with van der Waals surface area (Å²) in [5.74, 6) is 4.67. The van der Waals surface area contributed by atoms with E-state index >= 15 is 0 Å². The van der Waals surface area contributed by atoms with Crippen LogP contribution in [0.25, 0.3) is 0 Å². The van der Waals surface area contributed by atoms with Crippen molar-refractivity contribution in [3.05, 3.63) is 0 Å². The van der Waals surface area contributed by atoms with Crippen molar-refractivity contribution in [3.63, 3.8) is 0 Å². The molecule has 84 valence electrons. The van der Waals surface area contributed by atoms with E-state index in [4.69, 9.17) is 0 Å². The predicted molar refractivity (Wildman–Crippen MR) is 58.3 cm³/mol. The molecule has 0 aromatic carbocycles. The first-order valence-electron chi connectivity index (χ1n) is 5.21. The molecule has 1 aliphatic rings. The summed E-state index contributed by atoms with van der Waals surface area (Å²) in [5, 5.41) is 3.31. The van der Waals surface area contributed by atoms with Gasteiger partial charge in [-0.2, -0.15) is 0 Å². The molecule has 0 aromatic heterocycles. The molecule has 1 saturated heterocycles. The molecule has 0 bridgehead atoms. The highest BCUT2D eigenvalue weighted by Gasteiger charge is 2.14. The molecule has 1 aliphatic heterocycles. The zero-order valence-corrected chi connectivity index (χ0v) is 9.38. The van der Waals surface area contributed by atoms with Crippen LogP contribution >= 0.6 is 0 Å². The normalized spacial score (nSPS) is 18.0. The van der Waals surface area contributed by atoms with Gasteiger partial charge in [-0.25, -0.2) is 4.79 Å². The van der Waals surface area contributed by atoms with Crippen molar-refractivity contribution in [2.45, 2.75) is 18.9 Å². The monoisotopic (exact) mass is 210 g/mol. The van der Waals surface area contributed by atoms with E-state index in [1.807, 2.05) is 0 Å². The number of methoxy groups -OCH3 is 1. The van der Waals surface area contributed by atoms with Gasteiger partial charge in [0, 0.05) is 12.0 Å². The van der Waals surface area contributed by atoms with E-state index in [0.717, 1.165) is 25.9 Å². The zero-order valence-electron chi connectivity index (χ0n) is 9.38. The van der Waals surface area contributed by atoms with Gasteiger partial charge in [0.05, 0.1) is 13.7 Å². The maximum absolute atomic E-state index is 10.7. The summed E-state index contributed by atoms with van der Waals surface area (Å²) in [6.07, 6.45) is 2.30. The summed E-state index contributed by atoms with van der Waals surface area (Å²) in [4.78, 5) is 13.0. The number of ether oxygens (including phenoxy) is 1. The Bertz CT molecular complexity index is 259. The number of hydrogen-bond acceptors (Lipinski definition) is 4. The molecule has 4 nitrogen and oxygen atoms in total. The van der Waals surface area contributed by atoms with Gasteiger partial charge in [0.15, 0.2) is 0 Å². The minimum atomic E-state index is -0.472. The van der Waals surface area contributed by atoms with Crippen LogP contribution in [0.5, 0.6) is 0 Å². The topological polar surface area (TPSA) is 41.6 Å². The molecule has 0 unspecified atom stereocenters. The minimum Gasteiger partial charge on any atom is -0.459 e. The molecule has 1 heterocycles. The van der Waals surface area contributed by atoms with Crippen molar-refractivity contribution in [2.75, 3.05) is 33.8 Å². The van der Waals surface area contributed by atoms with Crippen molar-refractivity contribution >= 4 is 5.97 Å². The quantitative estimate of drug-likeness (QED) is 0.391. The van der Waals surface area contributed by atoms with Crippen LogP contribution in [0.15, 0.2) is 0 Å². The number of nitrogens with one attached hydrogen (secondary N) is 1. The number of carbonyl (C=O) groups excluding carboxylic acids is 1. The summed E-state index contributed by atoms with van der Waals surface area (Å²) >= 11 is 0. The molecule has 0 atom stereocenters. The van der Waals surface area contributed by atoms with Crippen LogP contribution < -0.4 is 5.32 Å². The Kier molecular flexibility index (Phi) is 5.16. The summed E-state index contributed by atoms with van der Waals surface area (Å²) in [6.45, 7) is 2.81. The van der Waals surface area contributed by atoms with Crippen LogP contribution in [-0.4, -0.2) is 50.7 Å². The second kappa shape index (κ2) is 6.44. The maximum atomic E-state index is 10.7. The first-order chi connectivity index (χ1) is 7.22. The Morgan fingerprint density at radius 2 is 2.20 bits per heavy atom. The number of esters is 1. The van der Waals surface area contributed by atoms with Gasteiger partial charge >= 0.3 is 5.97 Å². The van der Waals surface area contributed by atoms with Gasteiger partial charge in [-0.15, -0.1) is 0 Å². The summed E-state index contributed by atoms with van der Waals surface area (Å²) in [6, 6.07) is 0.535. The van der Waals surface area contributed by atoms with E-state index in [1.54, 1.807) is 0 Å². The second-order valence-corrected chi connectivity index (χ2v) is 3.75. The molecule has 0 radical (unpaired) electrons. The summed E-state index contributed by atoms with van der Waals surface area (Å²) in [5.41, 5.74) is 0. The third kappa shape index (κ3) is 4.82. The molecule has 0 spiro atoms. The maximum Gasteiger partial charge on any atom is 0.384 e. The zero-order chi connectivity index (χ0) is 11.1. The average Bonchev–Trinajstić information content (AvgIpc) is 2.26. The van der Waals surface area contributed by atoms with Crippen LogP contribution in [0, 0.1) is 11.8 Å². The fourth-order valence-corrected chi connectivity index (χ4v) is 1.58. The fraction of sp³-hybridized carbons (Fsp3) is 0.727. The van der Waals surface area contributed by atoms with Crippen molar-refractivity contribution in [1.82, 2.24) is 10.2 Å². The first kappa shape index (κ1) is 12.0. The van der Waals surface area contributed by atoms with E-state index in [1.165, 1.54) is 7.11 Å². The Balaban J connectivity index is 2.14. The lowest BCUT2D eigenvalue weighted by Gasteiger charge is -2.28. The van der Waals surface area contributed by atoms with Gasteiger partial charge in [0.1, 0.15) is 0 Å². The lowest BCUT2D eigenvalue weighted by Crippen LogP contribution is -2.40. The predicted octanol–water partition coefficient (Wildman–Crippen LogP) is -0.153. The van der Waals surface area contributed by atoms with Crippen molar-refractivity contribution in [3.8, 4) is 11.8 Å². The molecule has 0 aromatic rings. The van der Waals surface area contributed by atoms with Crippen molar-refractivity contribution in [1.29, 1.82) is 0 Å². The number of carbonyl (C=O) groups is 1. The highest BCUT2D eigenvalue weighted by Crippen LogP contribution is 2.07. The van der Waals surface area contributed by atoms with E-state index < -0.39 is 5.97 Å². The Morgan fingerprint density at radius 3 is 2.80 bits per heavy atom. The van der Waals surface area contributed by atoms with Gasteiger partial charge in [0.25, 0.3) is 0 Å². The second-order valence-electron chi connectivity index (χ2n) is 3.75. The standard InChI is InChI=1S/C11H18N2O2/c1-13-8-5-10(6-9-13)12-7-3-4-11(14)15-2/h10,12H,5-9H2,1-2H3. The van der Waals surface area contributed by atoms with Crippen LogP contribution in [-0.2, 0) is 9.53 Å².